The van der Waals surface area contributed by atoms with Crippen LogP contribution in [0.3, 0.4) is 0 Å². The molecule has 0 amide bonds. The molecule has 15 heavy (non-hydrogen) atoms. The average molecular weight is 226 g/mol. The van der Waals surface area contributed by atoms with Gasteiger partial charge in [0.1, 0.15) is 5.15 Å². The van der Waals surface area contributed by atoms with Gasteiger partial charge in [0.2, 0.25) is 0 Å². The summed E-state index contributed by atoms with van der Waals surface area (Å²) in [7, 11) is 0. The molecule has 0 saturated carbocycles. The highest BCUT2D eigenvalue weighted by Gasteiger charge is 2.18. The number of nitrogens with one attached hydrogen (secondary N) is 1. The molecule has 3 nitrogen and oxygen atoms in total. The Labute approximate surface area is 95.4 Å². The molecule has 0 spiro atoms. The Kier molecular flexibility index (Phi) is 3.57. The van der Waals surface area contributed by atoms with Gasteiger partial charge in [-0.3, -0.25) is 4.90 Å². The molecular formula is C11H16ClN3. The SMILES string of the molecule is CC1CNCCN1Cc1cccnc1Cl. The number of halogens is 1. The highest BCUT2D eigenvalue weighted by molar-refractivity contribution is 6.30. The smallest absolute Gasteiger partial charge is 0.133 e. The van der Waals surface area contributed by atoms with E-state index in [-0.39, 0.29) is 0 Å². The van der Waals surface area contributed by atoms with Crippen LogP contribution in [0.25, 0.3) is 0 Å². The van der Waals surface area contributed by atoms with Crippen LogP contribution in [0.15, 0.2) is 18.3 Å². The Morgan fingerprint density at radius 2 is 2.53 bits per heavy atom. The molecule has 1 unspecified atom stereocenters. The van der Waals surface area contributed by atoms with Crippen LogP contribution >= 0.6 is 11.6 Å². The summed E-state index contributed by atoms with van der Waals surface area (Å²) in [6, 6.07) is 4.55. The van der Waals surface area contributed by atoms with Gasteiger partial charge in [-0.1, -0.05) is 17.7 Å². The van der Waals surface area contributed by atoms with E-state index < -0.39 is 0 Å². The van der Waals surface area contributed by atoms with E-state index in [1.54, 1.807) is 6.20 Å². The maximum Gasteiger partial charge on any atom is 0.133 e. The third-order valence-corrected chi connectivity index (χ3v) is 3.19. The van der Waals surface area contributed by atoms with E-state index in [1.165, 1.54) is 0 Å². The molecule has 1 fully saturated rings. The van der Waals surface area contributed by atoms with Crippen molar-refractivity contribution in [2.24, 2.45) is 0 Å². The Hall–Kier alpha value is -0.640. The number of hydrogen-bond acceptors (Lipinski definition) is 3. The Bertz CT molecular complexity index is 329. The maximum absolute atomic E-state index is 6.04. The van der Waals surface area contributed by atoms with Crippen molar-refractivity contribution < 1.29 is 0 Å². The maximum atomic E-state index is 6.04. The minimum absolute atomic E-state index is 0.565. The van der Waals surface area contributed by atoms with Crippen LogP contribution in [0.5, 0.6) is 0 Å². The van der Waals surface area contributed by atoms with Gasteiger partial charge < -0.3 is 5.32 Å². The molecule has 1 aromatic rings. The van der Waals surface area contributed by atoms with E-state index in [4.69, 9.17) is 11.6 Å². The summed E-state index contributed by atoms with van der Waals surface area (Å²) >= 11 is 6.04. The lowest BCUT2D eigenvalue weighted by atomic mass is 10.2. The van der Waals surface area contributed by atoms with Crippen molar-refractivity contribution in [2.75, 3.05) is 19.6 Å². The minimum atomic E-state index is 0.565. The molecule has 0 aromatic carbocycles. The fraction of sp³-hybridized carbons (Fsp3) is 0.545. The van der Waals surface area contributed by atoms with Crippen LogP contribution in [0.2, 0.25) is 5.15 Å². The first-order chi connectivity index (χ1) is 7.27. The van der Waals surface area contributed by atoms with Gasteiger partial charge in [-0.25, -0.2) is 4.98 Å². The molecule has 0 radical (unpaired) electrons. The molecule has 1 atom stereocenters. The zero-order valence-corrected chi connectivity index (χ0v) is 9.67. The molecule has 82 valence electrons. The lowest BCUT2D eigenvalue weighted by Gasteiger charge is -2.33. The molecule has 4 heteroatoms. The van der Waals surface area contributed by atoms with Crippen molar-refractivity contribution in [2.45, 2.75) is 19.5 Å². The number of hydrogen-bond donors (Lipinski definition) is 1. The van der Waals surface area contributed by atoms with Gasteiger partial charge in [-0.2, -0.15) is 0 Å². The number of piperazine rings is 1. The molecule has 1 saturated heterocycles. The summed E-state index contributed by atoms with van der Waals surface area (Å²) in [4.78, 5) is 6.52. The number of pyridine rings is 1. The van der Waals surface area contributed by atoms with Crippen LogP contribution in [-0.4, -0.2) is 35.6 Å². The van der Waals surface area contributed by atoms with Crippen molar-refractivity contribution in [3.8, 4) is 0 Å². The highest BCUT2D eigenvalue weighted by atomic mass is 35.5. The summed E-state index contributed by atoms with van der Waals surface area (Å²) in [5.41, 5.74) is 1.12. The summed E-state index contributed by atoms with van der Waals surface area (Å²) in [6.07, 6.45) is 1.73. The predicted molar refractivity (Wildman–Crippen MR) is 62.0 cm³/mol. The molecular weight excluding hydrogens is 210 g/mol. The minimum Gasteiger partial charge on any atom is -0.314 e. The summed E-state index contributed by atoms with van der Waals surface area (Å²) in [6.45, 7) is 6.32. The summed E-state index contributed by atoms with van der Waals surface area (Å²) in [5, 5.41) is 4.00. The van der Waals surface area contributed by atoms with Crippen LogP contribution in [0.4, 0.5) is 0 Å². The van der Waals surface area contributed by atoms with E-state index in [2.05, 4.69) is 22.1 Å². The van der Waals surface area contributed by atoms with Gasteiger partial charge in [0, 0.05) is 44.0 Å². The second kappa shape index (κ2) is 4.92. The lowest BCUT2D eigenvalue weighted by molar-refractivity contribution is 0.165. The van der Waals surface area contributed by atoms with Crippen molar-refractivity contribution in [3.63, 3.8) is 0 Å². The quantitative estimate of drug-likeness (QED) is 0.774. The fourth-order valence-corrected chi connectivity index (χ4v) is 2.05. The molecule has 0 bridgehead atoms. The van der Waals surface area contributed by atoms with E-state index >= 15 is 0 Å². The van der Waals surface area contributed by atoms with E-state index in [0.29, 0.717) is 11.2 Å². The van der Waals surface area contributed by atoms with Crippen LogP contribution in [0.1, 0.15) is 12.5 Å². The Morgan fingerprint density at radius 3 is 3.27 bits per heavy atom. The molecule has 2 heterocycles. The molecule has 0 aliphatic carbocycles. The first-order valence-electron chi connectivity index (χ1n) is 5.31. The average Bonchev–Trinajstić information content (AvgIpc) is 2.24. The fourth-order valence-electron chi connectivity index (χ4n) is 1.87. The molecule has 1 N–H and O–H groups in total. The van der Waals surface area contributed by atoms with Crippen LogP contribution < -0.4 is 5.32 Å². The van der Waals surface area contributed by atoms with E-state index in [1.807, 2.05) is 12.1 Å². The van der Waals surface area contributed by atoms with Gasteiger partial charge in [0.25, 0.3) is 0 Å². The third-order valence-electron chi connectivity index (χ3n) is 2.85. The van der Waals surface area contributed by atoms with E-state index in [9.17, 15) is 0 Å². The van der Waals surface area contributed by atoms with Crippen molar-refractivity contribution in [3.05, 3.63) is 29.0 Å². The monoisotopic (exact) mass is 225 g/mol. The third kappa shape index (κ3) is 2.68. The molecule has 1 aliphatic heterocycles. The summed E-state index contributed by atoms with van der Waals surface area (Å²) in [5.74, 6) is 0. The zero-order valence-electron chi connectivity index (χ0n) is 8.91. The van der Waals surface area contributed by atoms with E-state index in [0.717, 1.165) is 31.7 Å². The first-order valence-corrected chi connectivity index (χ1v) is 5.69. The predicted octanol–water partition coefficient (Wildman–Crippen LogP) is 1.53. The summed E-state index contributed by atoms with van der Waals surface area (Å²) < 4.78 is 0. The normalized spacial score (nSPS) is 22.9. The number of nitrogens with zero attached hydrogens (tertiary/aromatic N) is 2. The Balaban J connectivity index is 2.04. The highest BCUT2D eigenvalue weighted by Crippen LogP contribution is 2.16. The van der Waals surface area contributed by atoms with Crippen molar-refractivity contribution >= 4 is 11.6 Å². The van der Waals surface area contributed by atoms with Gasteiger partial charge in [-0.05, 0) is 13.0 Å². The standard InChI is InChI=1S/C11H16ClN3/c1-9-7-13-5-6-15(9)8-10-3-2-4-14-11(10)12/h2-4,9,13H,5-8H2,1H3. The number of rotatable bonds is 2. The van der Waals surface area contributed by atoms with Gasteiger partial charge in [-0.15, -0.1) is 0 Å². The molecule has 1 aliphatic rings. The molecule has 1 aromatic heterocycles. The second-order valence-electron chi connectivity index (χ2n) is 3.98. The van der Waals surface area contributed by atoms with Crippen LogP contribution in [0, 0.1) is 0 Å². The topological polar surface area (TPSA) is 28.2 Å². The zero-order chi connectivity index (χ0) is 10.7. The van der Waals surface area contributed by atoms with Crippen molar-refractivity contribution in [1.82, 2.24) is 15.2 Å². The van der Waals surface area contributed by atoms with Gasteiger partial charge in [0.15, 0.2) is 0 Å². The largest absolute Gasteiger partial charge is 0.314 e. The van der Waals surface area contributed by atoms with Crippen molar-refractivity contribution in [1.29, 1.82) is 0 Å². The molecule has 2 rings (SSSR count). The van der Waals surface area contributed by atoms with Crippen LogP contribution in [-0.2, 0) is 6.54 Å². The first kappa shape index (κ1) is 10.9. The van der Waals surface area contributed by atoms with Gasteiger partial charge in [0.05, 0.1) is 0 Å². The second-order valence-corrected chi connectivity index (χ2v) is 4.33. The van der Waals surface area contributed by atoms with Gasteiger partial charge >= 0.3 is 0 Å². The Morgan fingerprint density at radius 1 is 1.67 bits per heavy atom. The lowest BCUT2D eigenvalue weighted by Crippen LogP contribution is -2.49. The number of aromatic nitrogens is 1.